The van der Waals surface area contributed by atoms with Crippen molar-refractivity contribution in [1.29, 1.82) is 0 Å². The van der Waals surface area contributed by atoms with E-state index in [0.29, 0.717) is 0 Å². The highest BCUT2D eigenvalue weighted by Gasteiger charge is 2.41. The molecule has 0 saturated heterocycles. The topological polar surface area (TPSA) is 25.8 Å². The summed E-state index contributed by atoms with van der Waals surface area (Å²) in [4.78, 5) is 10.6. The molecule has 1 aliphatic rings. The normalized spacial score (nSPS) is 12.8. The van der Waals surface area contributed by atoms with Crippen molar-refractivity contribution in [1.82, 2.24) is 9.97 Å². The fraction of sp³-hybridized carbons (Fsp3) is 0.0476. The van der Waals surface area contributed by atoms with Gasteiger partial charge in [-0.15, -0.1) is 0 Å². The molecule has 0 bridgehead atoms. The maximum Gasteiger partial charge on any atom is 0.160 e. The zero-order chi connectivity index (χ0) is 30.4. The summed E-state index contributed by atoms with van der Waals surface area (Å²) in [5.74, 6) is 0.766. The van der Waals surface area contributed by atoms with Crippen LogP contribution in [-0.4, -0.2) is 18.0 Å². The van der Waals surface area contributed by atoms with Gasteiger partial charge in [-0.05, 0) is 67.5 Å². The number of hydrogen-bond acceptors (Lipinski definition) is 2. The van der Waals surface area contributed by atoms with E-state index in [9.17, 15) is 0 Å². The predicted octanol–water partition coefficient (Wildman–Crippen LogP) is 9.61. The Balaban J connectivity index is 1.23. The van der Waals surface area contributed by atoms with Crippen LogP contribution in [0.4, 0.5) is 0 Å². The molecular formula is C42H32N2Si. The van der Waals surface area contributed by atoms with Crippen LogP contribution in [-0.2, 0) is 0 Å². The minimum Gasteiger partial charge on any atom is -0.228 e. The maximum atomic E-state index is 5.33. The van der Waals surface area contributed by atoms with Crippen molar-refractivity contribution in [3.05, 3.63) is 158 Å². The minimum atomic E-state index is -1.99. The van der Waals surface area contributed by atoms with Crippen LogP contribution in [0.3, 0.4) is 0 Å². The van der Waals surface area contributed by atoms with Gasteiger partial charge in [-0.25, -0.2) is 9.97 Å². The first-order valence-corrected chi connectivity index (χ1v) is 18.5. The number of benzene rings is 6. The van der Waals surface area contributed by atoms with Gasteiger partial charge in [0.25, 0.3) is 0 Å². The molecule has 2 nitrogen and oxygen atoms in total. The smallest absolute Gasteiger partial charge is 0.160 e. The molecule has 1 aliphatic heterocycles. The molecule has 0 aliphatic carbocycles. The molecule has 0 spiro atoms. The SMILES string of the molecule is C[Si]1(C)c2ccccc2-c2nc(-c3cccc(-c4cccc(-c5cccc(-c6ccccc6)c5)c4)c3)nc(-c3ccccc3)c21. The lowest BCUT2D eigenvalue weighted by molar-refractivity contribution is 1.20. The third kappa shape index (κ3) is 4.82. The zero-order valence-corrected chi connectivity index (χ0v) is 26.4. The molecule has 0 saturated carbocycles. The molecule has 0 atom stereocenters. The highest BCUT2D eigenvalue weighted by molar-refractivity contribution is 7.04. The molecule has 1 aromatic heterocycles. The first-order chi connectivity index (χ1) is 22.1. The number of rotatable bonds is 5. The van der Waals surface area contributed by atoms with Crippen molar-refractivity contribution in [2.75, 3.05) is 0 Å². The van der Waals surface area contributed by atoms with E-state index < -0.39 is 8.07 Å². The second-order valence-electron chi connectivity index (χ2n) is 12.3. The van der Waals surface area contributed by atoms with Crippen LogP contribution in [0.15, 0.2) is 158 Å². The Bertz CT molecular complexity index is 2190. The second-order valence-corrected chi connectivity index (χ2v) is 16.6. The van der Waals surface area contributed by atoms with E-state index in [-0.39, 0.29) is 0 Å². The van der Waals surface area contributed by atoms with Crippen LogP contribution in [0.1, 0.15) is 0 Å². The lowest BCUT2D eigenvalue weighted by atomic mass is 9.95. The van der Waals surface area contributed by atoms with Gasteiger partial charge in [-0.3, -0.25) is 0 Å². The highest BCUT2D eigenvalue weighted by atomic mass is 28.3. The Morgan fingerprint density at radius 2 is 0.800 bits per heavy atom. The van der Waals surface area contributed by atoms with Crippen molar-refractivity contribution < 1.29 is 0 Å². The minimum absolute atomic E-state index is 0.766. The van der Waals surface area contributed by atoms with Crippen molar-refractivity contribution in [2.24, 2.45) is 0 Å². The van der Waals surface area contributed by atoms with Gasteiger partial charge in [-0.2, -0.15) is 0 Å². The molecule has 45 heavy (non-hydrogen) atoms. The number of nitrogens with zero attached hydrogens (tertiary/aromatic N) is 2. The van der Waals surface area contributed by atoms with Gasteiger partial charge in [0.15, 0.2) is 5.82 Å². The van der Waals surface area contributed by atoms with E-state index in [1.165, 1.54) is 43.8 Å². The van der Waals surface area contributed by atoms with Gasteiger partial charge in [0, 0.05) is 11.1 Å². The molecule has 0 fully saturated rings. The van der Waals surface area contributed by atoms with Gasteiger partial charge in [-0.1, -0.05) is 153 Å². The molecule has 214 valence electrons. The zero-order valence-electron chi connectivity index (χ0n) is 25.4. The fourth-order valence-electron chi connectivity index (χ4n) is 6.78. The highest BCUT2D eigenvalue weighted by Crippen LogP contribution is 2.35. The summed E-state index contributed by atoms with van der Waals surface area (Å²) in [6.07, 6.45) is 0. The second kappa shape index (κ2) is 11.0. The Morgan fingerprint density at radius 1 is 0.378 bits per heavy atom. The number of hydrogen-bond donors (Lipinski definition) is 0. The van der Waals surface area contributed by atoms with E-state index >= 15 is 0 Å². The van der Waals surface area contributed by atoms with E-state index in [2.05, 4.69) is 171 Å². The first kappa shape index (κ1) is 27.2. The van der Waals surface area contributed by atoms with Crippen molar-refractivity contribution in [3.8, 4) is 67.3 Å². The fourth-order valence-corrected chi connectivity index (χ4v) is 10.0. The first-order valence-electron chi connectivity index (χ1n) is 15.5. The van der Waals surface area contributed by atoms with Crippen molar-refractivity contribution in [3.63, 3.8) is 0 Å². The molecular weight excluding hydrogens is 561 g/mol. The maximum absolute atomic E-state index is 5.33. The lowest BCUT2D eigenvalue weighted by Gasteiger charge is -2.21. The summed E-state index contributed by atoms with van der Waals surface area (Å²) in [6, 6.07) is 56.3. The Labute approximate surface area is 265 Å². The molecule has 0 radical (unpaired) electrons. The average molecular weight is 593 g/mol. The van der Waals surface area contributed by atoms with Gasteiger partial charge < -0.3 is 0 Å². The van der Waals surface area contributed by atoms with Gasteiger partial charge in [0.1, 0.15) is 8.07 Å². The Kier molecular flexibility index (Phi) is 6.62. The molecule has 0 unspecified atom stereocenters. The summed E-state index contributed by atoms with van der Waals surface area (Å²) in [5.41, 5.74) is 12.7. The molecule has 3 heteroatoms. The predicted molar refractivity (Wildman–Crippen MR) is 191 cm³/mol. The van der Waals surface area contributed by atoms with Gasteiger partial charge in [0.2, 0.25) is 0 Å². The Morgan fingerprint density at radius 3 is 1.40 bits per heavy atom. The van der Waals surface area contributed by atoms with Crippen LogP contribution >= 0.6 is 0 Å². The molecule has 8 rings (SSSR count). The van der Waals surface area contributed by atoms with Crippen LogP contribution in [0.2, 0.25) is 13.1 Å². The molecule has 0 amide bonds. The summed E-state index contributed by atoms with van der Waals surface area (Å²) < 4.78 is 0. The lowest BCUT2D eigenvalue weighted by Crippen LogP contribution is -2.50. The average Bonchev–Trinajstić information content (AvgIpc) is 3.35. The summed E-state index contributed by atoms with van der Waals surface area (Å²) >= 11 is 0. The van der Waals surface area contributed by atoms with E-state index in [1.54, 1.807) is 0 Å². The van der Waals surface area contributed by atoms with E-state index in [1.807, 2.05) is 0 Å². The third-order valence-electron chi connectivity index (χ3n) is 9.06. The largest absolute Gasteiger partial charge is 0.228 e. The van der Waals surface area contributed by atoms with E-state index in [0.717, 1.165) is 33.9 Å². The summed E-state index contributed by atoms with van der Waals surface area (Å²) in [6.45, 7) is 4.85. The summed E-state index contributed by atoms with van der Waals surface area (Å²) in [7, 11) is -1.99. The number of fused-ring (bicyclic) bond motifs is 3. The van der Waals surface area contributed by atoms with Crippen molar-refractivity contribution >= 4 is 18.4 Å². The van der Waals surface area contributed by atoms with E-state index in [4.69, 9.17) is 9.97 Å². The van der Waals surface area contributed by atoms with Gasteiger partial charge >= 0.3 is 0 Å². The number of aromatic nitrogens is 2. The third-order valence-corrected chi connectivity index (χ3v) is 12.6. The van der Waals surface area contributed by atoms with Crippen molar-refractivity contribution in [2.45, 2.75) is 13.1 Å². The Hall–Kier alpha value is -5.38. The van der Waals surface area contributed by atoms with Crippen LogP contribution in [0, 0.1) is 0 Å². The van der Waals surface area contributed by atoms with Crippen LogP contribution in [0.25, 0.3) is 67.3 Å². The monoisotopic (exact) mass is 592 g/mol. The standard InChI is InChI=1S/C42H32N2Si/c1-45(2)38-25-10-9-24-37(38)40-41(45)39(30-16-7-4-8-17-30)43-42(44-40)36-23-13-22-35(28-36)34-21-12-20-33(27-34)32-19-11-18-31(26-32)29-14-5-3-6-15-29/h3-28H,1-2H3. The summed E-state index contributed by atoms with van der Waals surface area (Å²) in [5, 5.41) is 2.77. The molecule has 2 heterocycles. The van der Waals surface area contributed by atoms with Crippen LogP contribution < -0.4 is 10.4 Å². The molecule has 6 aromatic carbocycles. The molecule has 7 aromatic rings. The molecule has 0 N–H and O–H groups in total. The van der Waals surface area contributed by atoms with Crippen LogP contribution in [0.5, 0.6) is 0 Å². The quantitative estimate of drug-likeness (QED) is 0.186. The van der Waals surface area contributed by atoms with Gasteiger partial charge in [0.05, 0.1) is 11.4 Å².